The first kappa shape index (κ1) is 28.5. The van der Waals surface area contributed by atoms with Crippen LogP contribution < -0.4 is 14.2 Å². The van der Waals surface area contributed by atoms with Crippen molar-refractivity contribution >= 4 is 49.8 Å². The lowest BCUT2D eigenvalue weighted by atomic mass is 9.98. The number of hydrogen-bond donors (Lipinski definition) is 1. The number of nitrogens with zero attached hydrogens (tertiary/aromatic N) is 2. The van der Waals surface area contributed by atoms with E-state index in [0.717, 1.165) is 42.3 Å². The van der Waals surface area contributed by atoms with Crippen molar-refractivity contribution in [2.45, 2.75) is 31.3 Å². The highest BCUT2D eigenvalue weighted by Crippen LogP contribution is 2.35. The second kappa shape index (κ2) is 12.2. The summed E-state index contributed by atoms with van der Waals surface area (Å²) in [6, 6.07) is 17.8. The topological polar surface area (TPSA) is 80.8 Å². The fraction of sp³-hybridized carbons (Fsp3) is 0.300. The van der Waals surface area contributed by atoms with Crippen LogP contribution in [0, 0.1) is 12.8 Å². The molecule has 10 heteroatoms. The van der Waals surface area contributed by atoms with Gasteiger partial charge < -0.3 is 14.4 Å². The number of anilines is 1. The van der Waals surface area contributed by atoms with Crippen molar-refractivity contribution in [3.8, 4) is 11.5 Å². The number of rotatable bonds is 9. The first-order valence-electron chi connectivity index (χ1n) is 13.1. The van der Waals surface area contributed by atoms with Gasteiger partial charge in [0.25, 0.3) is 10.0 Å². The summed E-state index contributed by atoms with van der Waals surface area (Å²) in [6.45, 7) is 4.56. The summed E-state index contributed by atoms with van der Waals surface area (Å²) in [6.07, 6.45) is 3.80. The minimum atomic E-state index is -3.99. The molecule has 0 bridgehead atoms. The van der Waals surface area contributed by atoms with Crippen molar-refractivity contribution in [3.05, 3.63) is 88.0 Å². The number of sulfonamides is 1. The van der Waals surface area contributed by atoms with E-state index in [1.54, 1.807) is 31.3 Å². The maximum absolute atomic E-state index is 13.3. The van der Waals surface area contributed by atoms with Gasteiger partial charge in [-0.25, -0.2) is 13.4 Å². The first-order valence-corrected chi connectivity index (χ1v) is 15.3. The number of aromatic nitrogens is 1. The average Bonchev–Trinajstić information content (AvgIpc) is 2.94. The van der Waals surface area contributed by atoms with E-state index in [9.17, 15) is 8.42 Å². The second-order valence-electron chi connectivity index (χ2n) is 10.1. The van der Waals surface area contributed by atoms with Gasteiger partial charge in [0.2, 0.25) is 0 Å². The molecule has 0 spiro atoms. The summed E-state index contributed by atoms with van der Waals surface area (Å²) < 4.78 is 41.7. The number of likely N-dealkylation sites (tertiary alicyclic amines) is 1. The third-order valence-electron chi connectivity index (χ3n) is 7.18. The van der Waals surface area contributed by atoms with Crippen molar-refractivity contribution in [1.82, 2.24) is 9.88 Å². The van der Waals surface area contributed by atoms with E-state index in [1.165, 1.54) is 6.07 Å². The van der Waals surface area contributed by atoms with Crippen LogP contribution in [-0.4, -0.2) is 45.0 Å². The van der Waals surface area contributed by atoms with Crippen LogP contribution in [-0.2, 0) is 16.6 Å². The molecule has 1 N–H and O–H groups in total. The number of pyridine rings is 1. The molecule has 0 saturated carbocycles. The van der Waals surface area contributed by atoms with Gasteiger partial charge in [-0.15, -0.1) is 0 Å². The summed E-state index contributed by atoms with van der Waals surface area (Å²) >= 11 is 12.6. The number of hydrogen-bond acceptors (Lipinski definition) is 6. The highest BCUT2D eigenvalue weighted by Gasteiger charge is 2.23. The van der Waals surface area contributed by atoms with Gasteiger partial charge in [0.15, 0.2) is 11.6 Å². The molecule has 0 aliphatic carbocycles. The molecule has 5 rings (SSSR count). The van der Waals surface area contributed by atoms with Gasteiger partial charge in [-0.05, 0) is 81.2 Å². The molecule has 0 radical (unpaired) electrons. The number of benzene rings is 3. The Morgan fingerprint density at radius 2 is 1.77 bits per heavy atom. The van der Waals surface area contributed by atoms with E-state index in [4.69, 9.17) is 32.7 Å². The Labute approximate surface area is 245 Å². The van der Waals surface area contributed by atoms with Crippen molar-refractivity contribution in [3.63, 3.8) is 0 Å². The van der Waals surface area contributed by atoms with Gasteiger partial charge >= 0.3 is 0 Å². The van der Waals surface area contributed by atoms with E-state index < -0.39 is 10.0 Å². The Morgan fingerprint density at radius 1 is 1.00 bits per heavy atom. The SMILES string of the molecule is Cc1c(Cl)cccc1S(=O)(=O)Nc1ncc2ccccc2c1OCc1ccc(Cl)c(OCC2CCN(C)CC2)c1. The Morgan fingerprint density at radius 3 is 2.58 bits per heavy atom. The van der Waals surface area contributed by atoms with Crippen molar-refractivity contribution in [2.24, 2.45) is 5.92 Å². The predicted octanol–water partition coefficient (Wildman–Crippen LogP) is 6.95. The van der Waals surface area contributed by atoms with Crippen LogP contribution in [0.2, 0.25) is 10.0 Å². The fourth-order valence-electron chi connectivity index (χ4n) is 4.76. The smallest absolute Gasteiger partial charge is 0.263 e. The predicted molar refractivity (Wildman–Crippen MR) is 160 cm³/mol. The zero-order chi connectivity index (χ0) is 28.3. The molecular formula is C30H31Cl2N3O4S. The molecule has 210 valence electrons. The van der Waals surface area contributed by atoms with Crippen molar-refractivity contribution < 1.29 is 17.9 Å². The number of nitrogens with one attached hydrogen (secondary N) is 1. The molecule has 4 aromatic rings. The number of ether oxygens (including phenoxy) is 2. The molecule has 1 saturated heterocycles. The van der Waals surface area contributed by atoms with Gasteiger partial charge in [-0.3, -0.25) is 4.72 Å². The van der Waals surface area contributed by atoms with Gasteiger partial charge in [-0.1, -0.05) is 59.6 Å². The first-order chi connectivity index (χ1) is 19.2. The van der Waals surface area contributed by atoms with Crippen LogP contribution in [0.25, 0.3) is 10.8 Å². The molecule has 1 aliphatic heterocycles. The molecule has 7 nitrogen and oxygen atoms in total. The minimum absolute atomic E-state index is 0.0741. The van der Waals surface area contributed by atoms with Crippen LogP contribution in [0.1, 0.15) is 24.0 Å². The second-order valence-corrected chi connectivity index (χ2v) is 12.6. The summed E-state index contributed by atoms with van der Waals surface area (Å²) in [5.41, 5.74) is 1.28. The molecular weight excluding hydrogens is 569 g/mol. The molecule has 1 aliphatic rings. The van der Waals surface area contributed by atoms with Crippen LogP contribution in [0.5, 0.6) is 11.5 Å². The van der Waals surface area contributed by atoms with Crippen LogP contribution in [0.15, 0.2) is 71.8 Å². The summed E-state index contributed by atoms with van der Waals surface area (Å²) in [5.74, 6) is 1.51. The van der Waals surface area contributed by atoms with E-state index in [2.05, 4.69) is 21.7 Å². The van der Waals surface area contributed by atoms with Crippen molar-refractivity contribution in [1.29, 1.82) is 0 Å². The lowest BCUT2D eigenvalue weighted by Crippen LogP contribution is -2.32. The Balaban J connectivity index is 1.38. The van der Waals surface area contributed by atoms with Crippen LogP contribution >= 0.6 is 23.2 Å². The minimum Gasteiger partial charge on any atom is -0.492 e. The zero-order valence-electron chi connectivity index (χ0n) is 22.4. The monoisotopic (exact) mass is 599 g/mol. The fourth-order valence-corrected chi connectivity index (χ4v) is 6.44. The van der Waals surface area contributed by atoms with Crippen LogP contribution in [0.4, 0.5) is 5.82 Å². The van der Waals surface area contributed by atoms with Crippen molar-refractivity contribution in [2.75, 3.05) is 31.5 Å². The quantitative estimate of drug-likeness (QED) is 0.224. The van der Waals surface area contributed by atoms with E-state index in [0.29, 0.717) is 39.6 Å². The molecule has 0 amide bonds. The molecule has 0 unspecified atom stereocenters. The molecule has 1 fully saturated rings. The Bertz CT molecular complexity index is 1620. The third-order valence-corrected chi connectivity index (χ3v) is 9.39. The lowest BCUT2D eigenvalue weighted by molar-refractivity contribution is 0.160. The summed E-state index contributed by atoms with van der Waals surface area (Å²) in [4.78, 5) is 6.80. The van der Waals surface area contributed by atoms with Crippen LogP contribution in [0.3, 0.4) is 0 Å². The third kappa shape index (κ3) is 6.47. The molecule has 2 heterocycles. The van der Waals surface area contributed by atoms with Gasteiger partial charge in [0.05, 0.1) is 16.5 Å². The molecule has 1 aromatic heterocycles. The Hall–Kier alpha value is -3.04. The molecule has 3 aromatic carbocycles. The van der Waals surface area contributed by atoms with E-state index >= 15 is 0 Å². The molecule has 40 heavy (non-hydrogen) atoms. The maximum atomic E-state index is 13.3. The largest absolute Gasteiger partial charge is 0.492 e. The van der Waals surface area contributed by atoms with E-state index in [-0.39, 0.29) is 17.3 Å². The van der Waals surface area contributed by atoms with Gasteiger partial charge in [-0.2, -0.15) is 0 Å². The molecule has 0 atom stereocenters. The normalized spacial score (nSPS) is 14.8. The summed E-state index contributed by atoms with van der Waals surface area (Å²) in [5, 5.41) is 2.44. The van der Waals surface area contributed by atoms with Gasteiger partial charge in [0.1, 0.15) is 12.4 Å². The number of halogens is 2. The standard InChI is InChI=1S/C30H31Cl2N3O4S/c1-20-25(31)8-5-9-28(20)40(36,37)34-30-29(24-7-4-3-6-23(24)17-33-30)39-19-22-10-11-26(32)27(16-22)38-18-21-12-14-35(2)15-13-21/h3-11,16-17,21H,12-15,18-19H2,1-2H3,(H,33,34). The highest BCUT2D eigenvalue weighted by atomic mass is 35.5. The maximum Gasteiger partial charge on any atom is 0.263 e. The zero-order valence-corrected chi connectivity index (χ0v) is 24.7. The Kier molecular flexibility index (Phi) is 8.71. The average molecular weight is 601 g/mol. The van der Waals surface area contributed by atoms with Gasteiger partial charge in [0, 0.05) is 22.0 Å². The van der Waals surface area contributed by atoms with E-state index in [1.807, 2.05) is 36.4 Å². The number of fused-ring (bicyclic) bond motifs is 1. The lowest BCUT2D eigenvalue weighted by Gasteiger charge is -2.28. The highest BCUT2D eigenvalue weighted by molar-refractivity contribution is 7.92. The summed E-state index contributed by atoms with van der Waals surface area (Å²) in [7, 11) is -1.86. The number of piperidine rings is 1.